The minimum absolute atomic E-state index is 0.189. The van der Waals surface area contributed by atoms with Crippen LogP contribution in [-0.4, -0.2) is 20.4 Å². The maximum absolute atomic E-state index is 13.3. The Morgan fingerprint density at radius 3 is 2.59 bits per heavy atom. The van der Waals surface area contributed by atoms with Gasteiger partial charge in [-0.2, -0.15) is 9.78 Å². The van der Waals surface area contributed by atoms with Gasteiger partial charge in [0.1, 0.15) is 11.6 Å². The van der Waals surface area contributed by atoms with Gasteiger partial charge in [-0.1, -0.05) is 29.3 Å². The van der Waals surface area contributed by atoms with Crippen LogP contribution in [-0.2, 0) is 6.42 Å². The third-order valence-electron chi connectivity index (χ3n) is 5.50. The Balaban J connectivity index is 1.80. The van der Waals surface area contributed by atoms with Crippen molar-refractivity contribution in [2.24, 2.45) is 5.10 Å². The summed E-state index contributed by atoms with van der Waals surface area (Å²) in [6.07, 6.45) is 4.29. The first-order chi connectivity index (χ1) is 15.4. The summed E-state index contributed by atoms with van der Waals surface area (Å²) in [7, 11) is 0. The summed E-state index contributed by atoms with van der Waals surface area (Å²) in [6.45, 7) is 6.07. The smallest absolute Gasteiger partial charge is 0.282 e. The van der Waals surface area contributed by atoms with Crippen molar-refractivity contribution < 1.29 is 4.39 Å². The van der Waals surface area contributed by atoms with Crippen LogP contribution in [0.3, 0.4) is 0 Å². The summed E-state index contributed by atoms with van der Waals surface area (Å²) >= 11 is 3.43. The van der Waals surface area contributed by atoms with Crippen LogP contribution in [0, 0.1) is 19.7 Å². The molecule has 0 fully saturated rings. The molecule has 0 atom stereocenters. The van der Waals surface area contributed by atoms with Gasteiger partial charge in [0.25, 0.3) is 5.56 Å². The lowest BCUT2D eigenvalue weighted by atomic mass is 10.2. The minimum atomic E-state index is -0.271. The van der Waals surface area contributed by atoms with Crippen molar-refractivity contribution >= 4 is 33.0 Å². The molecule has 0 radical (unpaired) electrons. The molecule has 7 heteroatoms. The second-order valence-corrected chi connectivity index (χ2v) is 8.71. The molecule has 0 bridgehead atoms. The number of aromatic nitrogens is 3. The molecule has 4 rings (SSSR count). The first kappa shape index (κ1) is 22.1. The van der Waals surface area contributed by atoms with Crippen molar-refractivity contribution in [1.29, 1.82) is 0 Å². The summed E-state index contributed by atoms with van der Waals surface area (Å²) in [5.41, 5.74) is 4.19. The molecule has 0 saturated carbocycles. The van der Waals surface area contributed by atoms with E-state index in [0.29, 0.717) is 23.1 Å². The number of halogens is 2. The van der Waals surface area contributed by atoms with Crippen LogP contribution in [0.1, 0.15) is 42.5 Å². The average molecular weight is 495 g/mol. The topological polar surface area (TPSA) is 52.2 Å². The highest BCUT2D eigenvalue weighted by atomic mass is 79.9. The van der Waals surface area contributed by atoms with Crippen LogP contribution < -0.4 is 5.56 Å². The van der Waals surface area contributed by atoms with Crippen molar-refractivity contribution in [2.45, 2.75) is 40.0 Å². The van der Waals surface area contributed by atoms with Gasteiger partial charge in [0.2, 0.25) is 0 Å². The number of aryl methyl sites for hydroxylation is 2. The van der Waals surface area contributed by atoms with Gasteiger partial charge in [-0.15, -0.1) is 0 Å². The molecule has 2 aromatic carbocycles. The Morgan fingerprint density at radius 2 is 1.88 bits per heavy atom. The fraction of sp³-hybridized carbons (Fsp3) is 0.240. The van der Waals surface area contributed by atoms with E-state index in [-0.39, 0.29) is 11.4 Å². The second-order valence-electron chi connectivity index (χ2n) is 7.79. The first-order valence-corrected chi connectivity index (χ1v) is 11.4. The Hall–Kier alpha value is -3.06. The molecule has 0 amide bonds. The zero-order valence-electron chi connectivity index (χ0n) is 18.3. The van der Waals surface area contributed by atoms with Crippen molar-refractivity contribution in [3.63, 3.8) is 0 Å². The molecule has 0 aliphatic carbocycles. The lowest BCUT2D eigenvalue weighted by molar-refractivity contribution is 0.627. The summed E-state index contributed by atoms with van der Waals surface area (Å²) < 4.78 is 17.6. The molecular formula is C25H24BrFN4O. The van der Waals surface area contributed by atoms with Gasteiger partial charge in [0.05, 0.1) is 17.1 Å². The molecule has 0 spiro atoms. The van der Waals surface area contributed by atoms with Gasteiger partial charge in [-0.3, -0.25) is 4.79 Å². The monoisotopic (exact) mass is 494 g/mol. The van der Waals surface area contributed by atoms with Gasteiger partial charge in [-0.25, -0.2) is 9.37 Å². The van der Waals surface area contributed by atoms with Gasteiger partial charge in [0.15, 0.2) is 0 Å². The lowest BCUT2D eigenvalue weighted by Gasteiger charge is -2.10. The molecule has 2 heterocycles. The lowest BCUT2D eigenvalue weighted by Crippen LogP contribution is -2.22. The molecule has 2 aromatic heterocycles. The summed E-state index contributed by atoms with van der Waals surface area (Å²) in [6, 6.07) is 13.9. The molecule has 32 heavy (non-hydrogen) atoms. The standard InChI is InChI=1S/C25H24BrFN4O/c1-4-5-6-24-29-23-12-7-19(26)14-22(23)25(32)31(24)28-15-18-13-16(2)30(17(18)3)21-10-8-20(27)9-11-21/h7-15H,4-6H2,1-3H3. The molecule has 5 nitrogen and oxygen atoms in total. The Morgan fingerprint density at radius 1 is 1.12 bits per heavy atom. The summed E-state index contributed by atoms with van der Waals surface area (Å²) in [5.74, 6) is 0.377. The molecular weight excluding hydrogens is 471 g/mol. The van der Waals surface area contributed by atoms with Crippen LogP contribution in [0.25, 0.3) is 16.6 Å². The second kappa shape index (κ2) is 9.20. The predicted octanol–water partition coefficient (Wildman–Crippen LogP) is 5.93. The van der Waals surface area contributed by atoms with Gasteiger partial charge < -0.3 is 4.57 Å². The number of nitrogens with zero attached hydrogens (tertiary/aromatic N) is 4. The van der Waals surface area contributed by atoms with E-state index in [1.807, 2.05) is 36.6 Å². The molecule has 4 aromatic rings. The Bertz CT molecular complexity index is 1370. The quantitative estimate of drug-likeness (QED) is 0.312. The number of hydrogen-bond donors (Lipinski definition) is 0. The molecule has 0 N–H and O–H groups in total. The number of benzene rings is 2. The number of hydrogen-bond acceptors (Lipinski definition) is 3. The van der Waals surface area contributed by atoms with Crippen molar-refractivity contribution in [2.75, 3.05) is 0 Å². The average Bonchev–Trinajstić information content (AvgIpc) is 3.06. The van der Waals surface area contributed by atoms with Crippen molar-refractivity contribution in [3.05, 3.63) is 92.0 Å². The van der Waals surface area contributed by atoms with E-state index >= 15 is 0 Å². The largest absolute Gasteiger partial charge is 0.318 e. The maximum atomic E-state index is 13.3. The molecule has 0 unspecified atom stereocenters. The van der Waals surface area contributed by atoms with Crippen LogP contribution in [0.2, 0.25) is 0 Å². The fourth-order valence-corrected chi connectivity index (χ4v) is 4.20. The van der Waals surface area contributed by atoms with E-state index < -0.39 is 0 Å². The molecule has 164 valence electrons. The third-order valence-corrected chi connectivity index (χ3v) is 5.99. The predicted molar refractivity (Wildman–Crippen MR) is 131 cm³/mol. The highest BCUT2D eigenvalue weighted by Crippen LogP contribution is 2.21. The highest BCUT2D eigenvalue weighted by molar-refractivity contribution is 9.10. The van der Waals surface area contributed by atoms with Crippen molar-refractivity contribution in [3.8, 4) is 5.69 Å². The zero-order chi connectivity index (χ0) is 22.8. The first-order valence-electron chi connectivity index (χ1n) is 10.6. The fourth-order valence-electron chi connectivity index (χ4n) is 3.84. The van der Waals surface area contributed by atoms with Crippen LogP contribution in [0.5, 0.6) is 0 Å². The maximum Gasteiger partial charge on any atom is 0.282 e. The van der Waals surface area contributed by atoms with E-state index in [4.69, 9.17) is 4.98 Å². The van der Waals surface area contributed by atoms with Crippen LogP contribution in [0.15, 0.2) is 62.9 Å². The third kappa shape index (κ3) is 4.30. The number of rotatable bonds is 6. The van der Waals surface area contributed by atoms with E-state index in [9.17, 15) is 9.18 Å². The van der Waals surface area contributed by atoms with Crippen LogP contribution in [0.4, 0.5) is 4.39 Å². The summed E-state index contributed by atoms with van der Waals surface area (Å²) in [4.78, 5) is 18.0. The van der Waals surface area contributed by atoms with Gasteiger partial charge in [-0.05, 0) is 68.8 Å². The summed E-state index contributed by atoms with van der Waals surface area (Å²) in [5, 5.41) is 5.08. The molecule has 0 saturated heterocycles. The normalized spacial score (nSPS) is 11.7. The van der Waals surface area contributed by atoms with Crippen molar-refractivity contribution in [1.82, 2.24) is 14.2 Å². The SMILES string of the molecule is CCCCc1nc2ccc(Br)cc2c(=O)n1N=Cc1cc(C)n(-c2ccc(F)cc2)c1C. The minimum Gasteiger partial charge on any atom is -0.318 e. The highest BCUT2D eigenvalue weighted by Gasteiger charge is 2.13. The Labute approximate surface area is 194 Å². The van der Waals surface area contributed by atoms with E-state index in [2.05, 4.69) is 28.0 Å². The van der Waals surface area contributed by atoms with Crippen LogP contribution >= 0.6 is 15.9 Å². The van der Waals surface area contributed by atoms with E-state index in [0.717, 1.165) is 40.0 Å². The Kier molecular flexibility index (Phi) is 6.37. The van der Waals surface area contributed by atoms with E-state index in [1.54, 1.807) is 24.4 Å². The molecule has 0 aliphatic heterocycles. The van der Waals surface area contributed by atoms with Gasteiger partial charge >= 0.3 is 0 Å². The number of unbranched alkanes of at least 4 members (excludes halogenated alkanes) is 1. The number of fused-ring (bicyclic) bond motifs is 1. The zero-order valence-corrected chi connectivity index (χ0v) is 19.9. The van der Waals surface area contributed by atoms with E-state index in [1.165, 1.54) is 16.8 Å². The van der Waals surface area contributed by atoms with Gasteiger partial charge in [0, 0.05) is 33.5 Å². The molecule has 0 aliphatic rings.